The molecule has 1 aliphatic carbocycles. The lowest BCUT2D eigenvalue weighted by Crippen LogP contribution is -2.50. The molecule has 2 atom stereocenters. The van der Waals surface area contributed by atoms with Crippen LogP contribution in [-0.2, 0) is 9.47 Å². The molecule has 0 radical (unpaired) electrons. The first kappa shape index (κ1) is 22.6. The molecular weight excluding hydrogens is 402 g/mol. The van der Waals surface area contributed by atoms with Gasteiger partial charge in [-0.25, -0.2) is 4.79 Å². The summed E-state index contributed by atoms with van der Waals surface area (Å²) in [6.07, 6.45) is 8.11. The van der Waals surface area contributed by atoms with E-state index in [0.29, 0.717) is 19.1 Å². The Morgan fingerprint density at radius 1 is 1.19 bits per heavy atom. The molecular formula is C26H35N3O3. The van der Waals surface area contributed by atoms with Gasteiger partial charge in [0.1, 0.15) is 0 Å². The topological polar surface area (TPSA) is 67.5 Å². The molecule has 1 aliphatic heterocycles. The average Bonchev–Trinajstić information content (AvgIpc) is 3.33. The highest BCUT2D eigenvalue weighted by Crippen LogP contribution is 2.37. The van der Waals surface area contributed by atoms with Crippen LogP contribution < -0.4 is 0 Å². The van der Waals surface area contributed by atoms with E-state index in [2.05, 4.69) is 47.1 Å². The number of aromatic nitrogens is 2. The number of aromatic amines is 1. The summed E-state index contributed by atoms with van der Waals surface area (Å²) in [4.78, 5) is 14.4. The first-order valence-corrected chi connectivity index (χ1v) is 11.8. The summed E-state index contributed by atoms with van der Waals surface area (Å²) in [6, 6.07) is 10.7. The van der Waals surface area contributed by atoms with E-state index in [1.54, 1.807) is 0 Å². The third-order valence-corrected chi connectivity index (χ3v) is 7.12. The standard InChI is InChI=1S/C26H35N3O3/c1-18(2)23-16-27-28-25(23)22-10-7-15-29(26(30)31-3)24(22)17-32-21-13-11-20(12-14-21)19-8-5-4-6-9-19/h4-6,8-9,16,20-22,24H,1,7,10-15,17H2,2-3H3,(H,27,28)/t20-,21+,22-,24-/m0/s1. The molecule has 172 valence electrons. The van der Waals surface area contributed by atoms with Crippen LogP contribution in [0.15, 0.2) is 43.1 Å². The highest BCUT2D eigenvalue weighted by molar-refractivity contribution is 5.69. The van der Waals surface area contributed by atoms with Crippen LogP contribution in [-0.4, -0.2) is 53.6 Å². The van der Waals surface area contributed by atoms with Gasteiger partial charge in [0.15, 0.2) is 0 Å². The van der Waals surface area contributed by atoms with Crippen LogP contribution in [0.1, 0.15) is 74.1 Å². The Bertz CT molecular complexity index is 902. The summed E-state index contributed by atoms with van der Waals surface area (Å²) in [5.41, 5.74) is 4.42. The van der Waals surface area contributed by atoms with Gasteiger partial charge in [0.2, 0.25) is 0 Å². The molecule has 6 heteroatoms. The number of H-pyrrole nitrogens is 1. The monoisotopic (exact) mass is 437 g/mol. The zero-order valence-electron chi connectivity index (χ0n) is 19.3. The Hall–Kier alpha value is -2.60. The number of amides is 1. The number of allylic oxidation sites excluding steroid dienone is 1. The summed E-state index contributed by atoms with van der Waals surface area (Å²) in [6.45, 7) is 7.28. The number of hydrogen-bond donors (Lipinski definition) is 1. The van der Waals surface area contributed by atoms with Gasteiger partial charge in [0.05, 0.1) is 31.6 Å². The summed E-state index contributed by atoms with van der Waals surface area (Å²) >= 11 is 0. The van der Waals surface area contributed by atoms with E-state index in [1.165, 1.54) is 12.7 Å². The molecule has 6 nitrogen and oxygen atoms in total. The van der Waals surface area contributed by atoms with Crippen LogP contribution in [0, 0.1) is 0 Å². The molecule has 1 aromatic carbocycles. The van der Waals surface area contributed by atoms with Gasteiger partial charge in [-0.05, 0) is 62.5 Å². The van der Waals surface area contributed by atoms with E-state index in [9.17, 15) is 4.79 Å². The maximum absolute atomic E-state index is 12.6. The van der Waals surface area contributed by atoms with Crippen molar-refractivity contribution in [2.24, 2.45) is 0 Å². The van der Waals surface area contributed by atoms with Crippen molar-refractivity contribution in [2.75, 3.05) is 20.3 Å². The fraction of sp³-hybridized carbons (Fsp3) is 0.538. The quantitative estimate of drug-likeness (QED) is 0.648. The molecule has 2 aromatic rings. The molecule has 1 saturated carbocycles. The lowest BCUT2D eigenvalue weighted by Gasteiger charge is -2.41. The summed E-state index contributed by atoms with van der Waals surface area (Å²) in [7, 11) is 1.45. The van der Waals surface area contributed by atoms with E-state index < -0.39 is 0 Å². The van der Waals surface area contributed by atoms with Crippen molar-refractivity contribution in [3.63, 3.8) is 0 Å². The van der Waals surface area contributed by atoms with E-state index in [4.69, 9.17) is 9.47 Å². The molecule has 1 amide bonds. The SMILES string of the molecule is C=C(C)c1c[nH]nc1[C@H]1CCCN(C(=O)OC)[C@H]1CO[C@H]1CC[C@@H](c2ccccc2)CC1. The van der Waals surface area contributed by atoms with Gasteiger partial charge in [-0.3, -0.25) is 5.10 Å². The lowest BCUT2D eigenvalue weighted by atomic mass is 9.82. The molecule has 1 saturated heterocycles. The Morgan fingerprint density at radius 2 is 1.94 bits per heavy atom. The number of likely N-dealkylation sites (tertiary alicyclic amines) is 1. The maximum Gasteiger partial charge on any atom is 0.409 e. The van der Waals surface area contributed by atoms with Crippen molar-refractivity contribution in [1.82, 2.24) is 15.1 Å². The minimum Gasteiger partial charge on any atom is -0.453 e. The third-order valence-electron chi connectivity index (χ3n) is 7.12. The summed E-state index contributed by atoms with van der Waals surface area (Å²) in [5.74, 6) is 0.716. The van der Waals surface area contributed by atoms with E-state index >= 15 is 0 Å². The molecule has 1 aromatic heterocycles. The van der Waals surface area contributed by atoms with Gasteiger partial charge in [0.25, 0.3) is 0 Å². The molecule has 0 spiro atoms. The Morgan fingerprint density at radius 3 is 2.62 bits per heavy atom. The predicted molar refractivity (Wildman–Crippen MR) is 126 cm³/mol. The van der Waals surface area contributed by atoms with Crippen LogP contribution >= 0.6 is 0 Å². The molecule has 32 heavy (non-hydrogen) atoms. The van der Waals surface area contributed by atoms with Crippen molar-refractivity contribution in [3.8, 4) is 0 Å². The normalized spacial score (nSPS) is 26.0. The number of benzene rings is 1. The maximum atomic E-state index is 12.6. The first-order chi connectivity index (χ1) is 15.6. The van der Waals surface area contributed by atoms with Gasteiger partial charge in [-0.15, -0.1) is 0 Å². The summed E-state index contributed by atoms with van der Waals surface area (Å²) < 4.78 is 11.6. The van der Waals surface area contributed by atoms with E-state index in [0.717, 1.165) is 55.4 Å². The highest BCUT2D eigenvalue weighted by Gasteiger charge is 2.39. The van der Waals surface area contributed by atoms with Crippen molar-refractivity contribution >= 4 is 11.7 Å². The summed E-state index contributed by atoms with van der Waals surface area (Å²) in [5, 5.41) is 7.54. The van der Waals surface area contributed by atoms with Crippen LogP contribution in [0.25, 0.3) is 5.57 Å². The van der Waals surface area contributed by atoms with E-state index in [1.807, 2.05) is 18.0 Å². The minimum absolute atomic E-state index is 0.0931. The van der Waals surface area contributed by atoms with E-state index in [-0.39, 0.29) is 24.2 Å². The second-order valence-corrected chi connectivity index (χ2v) is 9.16. The number of nitrogens with one attached hydrogen (secondary N) is 1. The molecule has 2 aliphatic rings. The number of methoxy groups -OCH3 is 1. The van der Waals surface area contributed by atoms with Crippen LogP contribution in [0.3, 0.4) is 0 Å². The number of piperidine rings is 1. The fourth-order valence-corrected chi connectivity index (χ4v) is 5.37. The van der Waals surface area contributed by atoms with Crippen LogP contribution in [0.4, 0.5) is 4.79 Å². The second-order valence-electron chi connectivity index (χ2n) is 9.16. The average molecular weight is 438 g/mol. The second kappa shape index (κ2) is 10.3. The number of nitrogens with zero attached hydrogens (tertiary/aromatic N) is 2. The predicted octanol–water partition coefficient (Wildman–Crippen LogP) is 5.50. The van der Waals surface area contributed by atoms with Gasteiger partial charge < -0.3 is 14.4 Å². The Kier molecular flexibility index (Phi) is 7.30. The molecule has 0 unspecified atom stereocenters. The Balaban J connectivity index is 1.44. The Labute approximate surface area is 191 Å². The van der Waals surface area contributed by atoms with Gasteiger partial charge in [-0.1, -0.05) is 36.9 Å². The fourth-order valence-electron chi connectivity index (χ4n) is 5.37. The molecule has 1 N–H and O–H groups in total. The zero-order valence-corrected chi connectivity index (χ0v) is 19.3. The van der Waals surface area contributed by atoms with Crippen LogP contribution in [0.5, 0.6) is 0 Å². The highest BCUT2D eigenvalue weighted by atomic mass is 16.5. The molecule has 2 heterocycles. The van der Waals surface area contributed by atoms with Gasteiger partial charge in [0, 0.05) is 24.2 Å². The third kappa shape index (κ3) is 4.90. The molecule has 2 fully saturated rings. The molecule has 0 bridgehead atoms. The molecule has 4 rings (SSSR count). The number of rotatable bonds is 6. The minimum atomic E-state index is -0.288. The number of ether oxygens (including phenoxy) is 2. The number of carbonyl (C=O) groups is 1. The smallest absolute Gasteiger partial charge is 0.409 e. The van der Waals surface area contributed by atoms with Crippen molar-refractivity contribution < 1.29 is 14.3 Å². The van der Waals surface area contributed by atoms with Crippen molar-refractivity contribution in [3.05, 3.63) is 59.9 Å². The number of hydrogen-bond acceptors (Lipinski definition) is 4. The van der Waals surface area contributed by atoms with Gasteiger partial charge >= 0.3 is 6.09 Å². The van der Waals surface area contributed by atoms with Crippen molar-refractivity contribution in [1.29, 1.82) is 0 Å². The van der Waals surface area contributed by atoms with Gasteiger partial charge in [-0.2, -0.15) is 5.10 Å². The van der Waals surface area contributed by atoms with Crippen LogP contribution in [0.2, 0.25) is 0 Å². The first-order valence-electron chi connectivity index (χ1n) is 11.8. The number of carbonyl (C=O) groups excluding carboxylic acids is 1. The zero-order chi connectivity index (χ0) is 22.5. The van der Waals surface area contributed by atoms with Crippen molar-refractivity contribution in [2.45, 2.75) is 69.4 Å². The lowest BCUT2D eigenvalue weighted by molar-refractivity contribution is -0.0242. The largest absolute Gasteiger partial charge is 0.453 e.